The Balaban J connectivity index is 1.39. The Labute approximate surface area is 240 Å². The van der Waals surface area contributed by atoms with Gasteiger partial charge in [-0.15, -0.1) is 0 Å². The SMILES string of the molecule is Cn1nccc1C(=O)N[C@H](c1nc2ccc(-c3cnccc3C(=O)N3CC(F)(F)C3)c(F)c2n1C)[C@H]1CC[C@H](C)CC1. The first kappa shape index (κ1) is 27.9. The zero-order valence-corrected chi connectivity index (χ0v) is 23.6. The number of rotatable bonds is 6. The summed E-state index contributed by atoms with van der Waals surface area (Å²) in [7, 11) is 3.41. The topological polar surface area (TPSA) is 97.9 Å². The second-order valence-electron chi connectivity index (χ2n) is 11.6. The third-order valence-electron chi connectivity index (χ3n) is 8.63. The lowest BCUT2D eigenvalue weighted by Crippen LogP contribution is -2.58. The van der Waals surface area contributed by atoms with E-state index in [1.54, 1.807) is 37.0 Å². The van der Waals surface area contributed by atoms with Crippen LogP contribution in [0, 0.1) is 17.7 Å². The molecule has 1 atom stereocenters. The van der Waals surface area contributed by atoms with Gasteiger partial charge in [-0.05, 0) is 48.9 Å². The van der Waals surface area contributed by atoms with Crippen LogP contribution < -0.4 is 5.32 Å². The highest BCUT2D eigenvalue weighted by Gasteiger charge is 2.46. The summed E-state index contributed by atoms with van der Waals surface area (Å²) in [6, 6.07) is 5.78. The van der Waals surface area contributed by atoms with Crippen LogP contribution in [0.2, 0.25) is 0 Å². The van der Waals surface area contributed by atoms with Crippen LogP contribution >= 0.6 is 0 Å². The Morgan fingerprint density at radius 3 is 2.43 bits per heavy atom. The summed E-state index contributed by atoms with van der Waals surface area (Å²) in [5.41, 5.74) is 1.44. The van der Waals surface area contributed by atoms with Gasteiger partial charge in [-0.25, -0.2) is 18.2 Å². The quantitative estimate of drug-likeness (QED) is 0.351. The number of amides is 2. The number of benzene rings is 1. The Hall–Kier alpha value is -4.22. The fourth-order valence-electron chi connectivity index (χ4n) is 6.21. The molecule has 1 aliphatic carbocycles. The first-order chi connectivity index (χ1) is 20.0. The molecule has 6 rings (SSSR count). The molecule has 0 spiro atoms. The van der Waals surface area contributed by atoms with Crippen molar-refractivity contribution in [3.63, 3.8) is 0 Å². The van der Waals surface area contributed by atoms with E-state index < -0.39 is 36.8 Å². The molecule has 0 unspecified atom stereocenters. The second-order valence-corrected chi connectivity index (χ2v) is 11.6. The number of hydrogen-bond donors (Lipinski definition) is 1. The van der Waals surface area contributed by atoms with Crippen molar-refractivity contribution < 1.29 is 22.8 Å². The number of carbonyl (C=O) groups excluding carboxylic acids is 2. The van der Waals surface area contributed by atoms with E-state index in [-0.39, 0.29) is 34.0 Å². The van der Waals surface area contributed by atoms with Crippen LogP contribution in [0.1, 0.15) is 65.3 Å². The smallest absolute Gasteiger partial charge is 0.282 e. The van der Waals surface area contributed by atoms with Crippen LogP contribution in [0.25, 0.3) is 22.2 Å². The summed E-state index contributed by atoms with van der Waals surface area (Å²) in [6.07, 6.45) is 8.14. The van der Waals surface area contributed by atoms with Gasteiger partial charge in [-0.2, -0.15) is 5.10 Å². The largest absolute Gasteiger partial charge is 0.340 e. The number of hydrogen-bond acceptors (Lipinski definition) is 5. The third-order valence-corrected chi connectivity index (χ3v) is 8.63. The van der Waals surface area contributed by atoms with Crippen LogP contribution in [-0.2, 0) is 14.1 Å². The maximum atomic E-state index is 16.4. The Kier molecular flexibility index (Phi) is 7.02. The molecule has 1 aliphatic heterocycles. The third kappa shape index (κ3) is 4.92. The number of pyridine rings is 1. The molecule has 9 nitrogen and oxygen atoms in total. The second kappa shape index (κ2) is 10.6. The number of fused-ring (bicyclic) bond motifs is 1. The number of imidazole rings is 1. The van der Waals surface area contributed by atoms with Gasteiger partial charge >= 0.3 is 0 Å². The van der Waals surface area contributed by atoms with Crippen LogP contribution in [0.15, 0.2) is 42.9 Å². The number of halogens is 3. The van der Waals surface area contributed by atoms with Crippen LogP contribution in [0.4, 0.5) is 13.2 Å². The highest BCUT2D eigenvalue weighted by atomic mass is 19.3. The Bertz CT molecular complexity index is 1660. The van der Waals surface area contributed by atoms with Crippen LogP contribution in [0.3, 0.4) is 0 Å². The summed E-state index contributed by atoms with van der Waals surface area (Å²) in [5, 5.41) is 7.26. The Morgan fingerprint density at radius 2 is 1.76 bits per heavy atom. The lowest BCUT2D eigenvalue weighted by Gasteiger charge is -2.38. The van der Waals surface area contributed by atoms with E-state index in [1.165, 1.54) is 29.2 Å². The molecule has 2 amide bonds. The van der Waals surface area contributed by atoms with Crippen molar-refractivity contribution in [2.45, 2.75) is 44.6 Å². The summed E-state index contributed by atoms with van der Waals surface area (Å²) in [6.45, 7) is 0.870. The number of carbonyl (C=O) groups is 2. The predicted molar refractivity (Wildman–Crippen MR) is 149 cm³/mol. The average Bonchev–Trinajstić information content (AvgIpc) is 3.53. The molecule has 0 radical (unpaired) electrons. The minimum Gasteiger partial charge on any atom is -0.340 e. The van der Waals surface area contributed by atoms with Crippen LogP contribution in [-0.4, -0.2) is 60.0 Å². The van der Waals surface area contributed by atoms with E-state index in [4.69, 9.17) is 4.98 Å². The van der Waals surface area contributed by atoms with E-state index >= 15 is 4.39 Å². The molecule has 12 heteroatoms. The van der Waals surface area contributed by atoms with Crippen molar-refractivity contribution in [2.24, 2.45) is 25.9 Å². The molecule has 2 aliphatic rings. The molecule has 4 aromatic rings. The van der Waals surface area contributed by atoms with Gasteiger partial charge in [0, 0.05) is 43.8 Å². The van der Waals surface area contributed by atoms with E-state index in [9.17, 15) is 18.4 Å². The van der Waals surface area contributed by atoms with Crippen molar-refractivity contribution in [1.82, 2.24) is 34.5 Å². The van der Waals surface area contributed by atoms with Crippen LogP contribution in [0.5, 0.6) is 0 Å². The van der Waals surface area contributed by atoms with Gasteiger partial charge in [0.25, 0.3) is 17.7 Å². The summed E-state index contributed by atoms with van der Waals surface area (Å²) < 4.78 is 46.4. The zero-order chi connectivity index (χ0) is 29.8. The first-order valence-electron chi connectivity index (χ1n) is 14.1. The summed E-state index contributed by atoms with van der Waals surface area (Å²) >= 11 is 0. The molecule has 1 aromatic carbocycles. The predicted octanol–water partition coefficient (Wildman–Crippen LogP) is 4.90. The molecule has 4 heterocycles. The van der Waals surface area contributed by atoms with Crippen molar-refractivity contribution in [1.29, 1.82) is 0 Å². The lowest BCUT2D eigenvalue weighted by molar-refractivity contribution is -0.113. The molecular formula is C30H32F3N7O2. The minimum atomic E-state index is -2.92. The number of aromatic nitrogens is 5. The molecule has 3 aromatic heterocycles. The molecule has 220 valence electrons. The van der Waals surface area contributed by atoms with Crippen molar-refractivity contribution in [3.05, 3.63) is 65.8 Å². The summed E-state index contributed by atoms with van der Waals surface area (Å²) in [4.78, 5) is 36.3. The lowest BCUT2D eigenvalue weighted by atomic mass is 9.79. The van der Waals surface area contributed by atoms with Gasteiger partial charge in [0.1, 0.15) is 17.0 Å². The van der Waals surface area contributed by atoms with Gasteiger partial charge in [0.2, 0.25) is 0 Å². The number of nitrogens with one attached hydrogen (secondary N) is 1. The fourth-order valence-corrected chi connectivity index (χ4v) is 6.21. The number of nitrogens with zero attached hydrogens (tertiary/aromatic N) is 6. The van der Waals surface area contributed by atoms with Crippen molar-refractivity contribution in [3.8, 4) is 11.1 Å². The molecular weight excluding hydrogens is 547 g/mol. The highest BCUT2D eigenvalue weighted by molar-refractivity contribution is 6.02. The van der Waals surface area contributed by atoms with Gasteiger partial charge in [0.15, 0.2) is 5.82 Å². The van der Waals surface area contributed by atoms with E-state index in [2.05, 4.69) is 22.3 Å². The summed E-state index contributed by atoms with van der Waals surface area (Å²) in [5.74, 6) is -3.20. The number of likely N-dealkylation sites (tertiary alicyclic amines) is 1. The molecule has 1 saturated carbocycles. The number of alkyl halides is 2. The average molecular weight is 580 g/mol. The van der Waals surface area contributed by atoms with Gasteiger partial charge in [0.05, 0.1) is 30.2 Å². The first-order valence-corrected chi connectivity index (χ1v) is 14.1. The molecule has 0 bridgehead atoms. The molecule has 2 fully saturated rings. The monoisotopic (exact) mass is 579 g/mol. The maximum absolute atomic E-state index is 16.4. The van der Waals surface area contributed by atoms with Gasteiger partial charge in [-0.3, -0.25) is 19.3 Å². The molecule has 1 N–H and O–H groups in total. The maximum Gasteiger partial charge on any atom is 0.282 e. The van der Waals surface area contributed by atoms with E-state index in [1.807, 2.05) is 0 Å². The number of aryl methyl sites for hydroxylation is 2. The molecule has 42 heavy (non-hydrogen) atoms. The van der Waals surface area contributed by atoms with E-state index in [0.717, 1.165) is 30.6 Å². The van der Waals surface area contributed by atoms with Gasteiger partial charge < -0.3 is 14.8 Å². The fraction of sp³-hybridized carbons (Fsp3) is 0.433. The molecule has 1 saturated heterocycles. The Morgan fingerprint density at radius 1 is 1.02 bits per heavy atom. The zero-order valence-electron chi connectivity index (χ0n) is 23.6. The highest BCUT2D eigenvalue weighted by Crippen LogP contribution is 2.39. The van der Waals surface area contributed by atoms with Crippen molar-refractivity contribution >= 4 is 22.8 Å². The van der Waals surface area contributed by atoms with Gasteiger partial charge in [-0.1, -0.05) is 19.8 Å². The van der Waals surface area contributed by atoms with E-state index in [0.29, 0.717) is 23.0 Å². The standard InChI is InChI=1S/C30H32F3N7O2/c1-17-4-6-18(7-5-17)25(37-28(41)23-11-13-35-39(23)3)27-36-22-9-8-19(24(31)26(22)38(27)2)21-14-34-12-10-20(21)29(42)40-15-30(32,33)16-40/h8-14,17-18,25H,4-7,15-16H2,1-3H3,(H,37,41)/t17-,18-,25-/m0/s1. The van der Waals surface area contributed by atoms with Crippen molar-refractivity contribution in [2.75, 3.05) is 13.1 Å². The normalized spacial score (nSPS) is 20.8. The minimum absolute atomic E-state index is 0.0961.